The van der Waals surface area contributed by atoms with Crippen molar-refractivity contribution in [1.82, 2.24) is 10.2 Å². The van der Waals surface area contributed by atoms with E-state index in [9.17, 15) is 0 Å². The molecule has 1 aliphatic carbocycles. The number of nitrogens with zero attached hydrogens (tertiary/aromatic N) is 1. The molecule has 1 saturated heterocycles. The molecule has 4 nitrogen and oxygen atoms in total. The molecule has 0 bridgehead atoms. The molecule has 0 aromatic heterocycles. The minimum absolute atomic E-state index is 0.419. The molecule has 2 fully saturated rings. The van der Waals surface area contributed by atoms with E-state index in [4.69, 9.17) is 21.1 Å². The van der Waals surface area contributed by atoms with Gasteiger partial charge in [0.25, 0.3) is 0 Å². The molecule has 1 atom stereocenters. The van der Waals surface area contributed by atoms with E-state index in [-0.39, 0.29) is 0 Å². The van der Waals surface area contributed by atoms with E-state index in [1.54, 1.807) is 7.11 Å². The highest BCUT2D eigenvalue weighted by atomic mass is 35.5. The van der Waals surface area contributed by atoms with Gasteiger partial charge in [0.1, 0.15) is 5.75 Å². The first-order valence-corrected chi connectivity index (χ1v) is 8.01. The van der Waals surface area contributed by atoms with Crippen molar-refractivity contribution >= 4 is 11.6 Å². The van der Waals surface area contributed by atoms with Gasteiger partial charge in [-0.05, 0) is 31.0 Å². The van der Waals surface area contributed by atoms with E-state index in [1.165, 1.54) is 12.8 Å². The van der Waals surface area contributed by atoms with E-state index in [0.717, 1.165) is 55.2 Å². The summed E-state index contributed by atoms with van der Waals surface area (Å²) in [6.07, 6.45) is 2.63. The van der Waals surface area contributed by atoms with Gasteiger partial charge < -0.3 is 14.8 Å². The van der Waals surface area contributed by atoms with Gasteiger partial charge in [0.05, 0.1) is 20.3 Å². The average molecular weight is 311 g/mol. The van der Waals surface area contributed by atoms with E-state index in [2.05, 4.69) is 10.2 Å². The highest BCUT2D eigenvalue weighted by Crippen LogP contribution is 2.25. The number of rotatable bonds is 6. The van der Waals surface area contributed by atoms with Crippen LogP contribution >= 0.6 is 11.6 Å². The lowest BCUT2D eigenvalue weighted by molar-refractivity contribution is -0.0113. The molecule has 0 amide bonds. The lowest BCUT2D eigenvalue weighted by atomic mass is 10.1. The van der Waals surface area contributed by atoms with E-state index < -0.39 is 0 Å². The van der Waals surface area contributed by atoms with Crippen molar-refractivity contribution in [3.63, 3.8) is 0 Å². The summed E-state index contributed by atoms with van der Waals surface area (Å²) in [5.41, 5.74) is 1.14. The summed E-state index contributed by atoms with van der Waals surface area (Å²) in [4.78, 5) is 2.47. The maximum absolute atomic E-state index is 6.13. The molecule has 1 aromatic carbocycles. The van der Waals surface area contributed by atoms with Crippen molar-refractivity contribution in [2.75, 3.05) is 33.4 Å². The molecule has 116 valence electrons. The molecule has 1 aliphatic heterocycles. The summed E-state index contributed by atoms with van der Waals surface area (Å²) in [5.74, 6) is 0.903. The number of hydrogen-bond donors (Lipinski definition) is 1. The van der Waals surface area contributed by atoms with Crippen LogP contribution in [-0.4, -0.2) is 50.4 Å². The van der Waals surface area contributed by atoms with Crippen LogP contribution in [0.3, 0.4) is 0 Å². The van der Waals surface area contributed by atoms with E-state index in [1.807, 2.05) is 18.2 Å². The van der Waals surface area contributed by atoms with Crippen LogP contribution in [0.4, 0.5) is 0 Å². The van der Waals surface area contributed by atoms with Crippen LogP contribution in [0.15, 0.2) is 18.2 Å². The second-order valence-corrected chi connectivity index (χ2v) is 6.27. The molecular weight excluding hydrogens is 288 g/mol. The Labute approximate surface area is 131 Å². The Kier molecular flexibility index (Phi) is 5.01. The molecule has 1 heterocycles. The lowest BCUT2D eigenvalue weighted by Crippen LogP contribution is -2.50. The third kappa shape index (κ3) is 4.10. The molecule has 0 spiro atoms. The smallest absolute Gasteiger partial charge is 0.123 e. The van der Waals surface area contributed by atoms with Gasteiger partial charge in [-0.1, -0.05) is 11.6 Å². The number of morpholine rings is 1. The highest BCUT2D eigenvalue weighted by Gasteiger charge is 2.27. The van der Waals surface area contributed by atoms with Gasteiger partial charge in [0.2, 0.25) is 0 Å². The first-order valence-electron chi connectivity index (χ1n) is 7.64. The molecule has 21 heavy (non-hydrogen) atoms. The Morgan fingerprint density at radius 3 is 3.05 bits per heavy atom. The zero-order chi connectivity index (χ0) is 14.7. The third-order valence-corrected chi connectivity index (χ3v) is 4.42. The average Bonchev–Trinajstić information content (AvgIpc) is 3.31. The maximum Gasteiger partial charge on any atom is 0.123 e. The van der Waals surface area contributed by atoms with Gasteiger partial charge in [-0.25, -0.2) is 0 Å². The topological polar surface area (TPSA) is 33.7 Å². The monoisotopic (exact) mass is 310 g/mol. The number of nitrogens with one attached hydrogen (secondary N) is 1. The number of halogens is 1. The second kappa shape index (κ2) is 6.97. The van der Waals surface area contributed by atoms with Gasteiger partial charge in [0, 0.05) is 42.3 Å². The first kappa shape index (κ1) is 15.1. The van der Waals surface area contributed by atoms with Crippen LogP contribution in [-0.2, 0) is 11.3 Å². The van der Waals surface area contributed by atoms with Crippen LogP contribution in [0.25, 0.3) is 0 Å². The van der Waals surface area contributed by atoms with Crippen LogP contribution < -0.4 is 10.1 Å². The molecule has 1 N–H and O–H groups in total. The normalized spacial score (nSPS) is 23.2. The molecule has 1 aromatic rings. The second-order valence-electron chi connectivity index (χ2n) is 5.84. The summed E-state index contributed by atoms with van der Waals surface area (Å²) in [6, 6.07) is 6.96. The molecule has 1 unspecified atom stereocenters. The number of hydrogen-bond acceptors (Lipinski definition) is 4. The zero-order valence-corrected chi connectivity index (χ0v) is 13.2. The molecular formula is C16H23ClN2O2. The summed E-state index contributed by atoms with van der Waals surface area (Å²) in [7, 11) is 1.71. The molecule has 3 rings (SSSR count). The minimum atomic E-state index is 0.419. The van der Waals surface area contributed by atoms with Crippen molar-refractivity contribution in [3.05, 3.63) is 28.8 Å². The fourth-order valence-electron chi connectivity index (χ4n) is 2.77. The maximum atomic E-state index is 6.13. The van der Waals surface area contributed by atoms with Gasteiger partial charge in [-0.3, -0.25) is 4.90 Å². The summed E-state index contributed by atoms with van der Waals surface area (Å²) >= 11 is 6.13. The highest BCUT2D eigenvalue weighted by molar-refractivity contribution is 6.30. The third-order valence-electron chi connectivity index (χ3n) is 4.18. The van der Waals surface area contributed by atoms with E-state index >= 15 is 0 Å². The standard InChI is InChI=1S/C16H23ClN2O2/c1-20-16-5-2-13(17)8-12(16)10-19-6-7-21-11-15(19)9-18-14-3-4-14/h2,5,8,14-15,18H,3-4,6-7,9-11H2,1H3. The molecule has 5 heteroatoms. The van der Waals surface area contributed by atoms with Crippen molar-refractivity contribution < 1.29 is 9.47 Å². The van der Waals surface area contributed by atoms with Crippen molar-refractivity contribution in [1.29, 1.82) is 0 Å². The zero-order valence-electron chi connectivity index (χ0n) is 12.5. The fraction of sp³-hybridized carbons (Fsp3) is 0.625. The van der Waals surface area contributed by atoms with Gasteiger partial charge in [-0.2, -0.15) is 0 Å². The lowest BCUT2D eigenvalue weighted by Gasteiger charge is -2.36. The number of ether oxygens (including phenoxy) is 2. The number of methoxy groups -OCH3 is 1. The Hall–Kier alpha value is -0.810. The van der Waals surface area contributed by atoms with Crippen LogP contribution in [0.5, 0.6) is 5.75 Å². The van der Waals surface area contributed by atoms with Gasteiger partial charge in [0.15, 0.2) is 0 Å². The largest absolute Gasteiger partial charge is 0.496 e. The summed E-state index contributed by atoms with van der Waals surface area (Å²) < 4.78 is 11.1. The minimum Gasteiger partial charge on any atom is -0.496 e. The molecule has 0 radical (unpaired) electrons. The van der Waals surface area contributed by atoms with E-state index in [0.29, 0.717) is 6.04 Å². The molecule has 2 aliphatic rings. The Morgan fingerprint density at radius 1 is 1.43 bits per heavy atom. The van der Waals surface area contributed by atoms with Crippen molar-refractivity contribution in [3.8, 4) is 5.75 Å². The van der Waals surface area contributed by atoms with Gasteiger partial charge in [-0.15, -0.1) is 0 Å². The first-order chi connectivity index (χ1) is 10.3. The van der Waals surface area contributed by atoms with Crippen LogP contribution in [0.1, 0.15) is 18.4 Å². The summed E-state index contributed by atoms with van der Waals surface area (Å²) in [6.45, 7) is 4.38. The Morgan fingerprint density at radius 2 is 2.29 bits per heavy atom. The SMILES string of the molecule is COc1ccc(Cl)cc1CN1CCOCC1CNC1CC1. The quantitative estimate of drug-likeness (QED) is 0.874. The van der Waals surface area contributed by atoms with Crippen LogP contribution in [0.2, 0.25) is 5.02 Å². The summed E-state index contributed by atoms with van der Waals surface area (Å²) in [5, 5.41) is 4.36. The van der Waals surface area contributed by atoms with Gasteiger partial charge >= 0.3 is 0 Å². The number of benzene rings is 1. The van der Waals surface area contributed by atoms with Crippen LogP contribution in [0, 0.1) is 0 Å². The molecule has 1 saturated carbocycles. The fourth-order valence-corrected chi connectivity index (χ4v) is 2.96. The predicted octanol–water partition coefficient (Wildman–Crippen LogP) is 2.30. The predicted molar refractivity (Wildman–Crippen MR) is 84.0 cm³/mol. The Balaban J connectivity index is 1.66. The van der Waals surface area contributed by atoms with Crippen molar-refractivity contribution in [2.24, 2.45) is 0 Å². The Bertz CT molecular complexity index is 479. The van der Waals surface area contributed by atoms with Crippen molar-refractivity contribution in [2.45, 2.75) is 31.5 Å².